The number of aliphatic carboxylic acids is 1. The summed E-state index contributed by atoms with van der Waals surface area (Å²) in [5, 5.41) is 11.5. The summed E-state index contributed by atoms with van der Waals surface area (Å²) in [6.45, 7) is 2.90. The summed E-state index contributed by atoms with van der Waals surface area (Å²) in [6, 6.07) is 1.12. The summed E-state index contributed by atoms with van der Waals surface area (Å²) in [5.74, 6) is -1.98. The number of hydrogen-bond donors (Lipinski definition) is 2. The van der Waals surface area contributed by atoms with Crippen molar-refractivity contribution in [2.45, 2.75) is 30.7 Å². The van der Waals surface area contributed by atoms with Gasteiger partial charge in [0.25, 0.3) is 5.91 Å². The first-order chi connectivity index (χ1) is 10.9. The van der Waals surface area contributed by atoms with E-state index >= 15 is 0 Å². The number of nitrogens with zero attached hydrogens (tertiary/aromatic N) is 1. The highest BCUT2D eigenvalue weighted by atomic mass is 32.2. The second kappa shape index (κ2) is 7.32. The molecule has 1 aromatic heterocycles. The number of rotatable bonds is 8. The Kier molecular flexibility index (Phi) is 6.15. The van der Waals surface area contributed by atoms with Gasteiger partial charge in [0, 0.05) is 27.3 Å². The van der Waals surface area contributed by atoms with Gasteiger partial charge >= 0.3 is 5.97 Å². The molecule has 1 amide bonds. The van der Waals surface area contributed by atoms with Gasteiger partial charge in [-0.3, -0.25) is 9.59 Å². The van der Waals surface area contributed by atoms with E-state index < -0.39 is 27.4 Å². The summed E-state index contributed by atoms with van der Waals surface area (Å²) >= 11 is 0. The molecule has 1 atom stereocenters. The predicted octanol–water partition coefficient (Wildman–Crippen LogP) is 0.448. The van der Waals surface area contributed by atoms with E-state index in [1.54, 1.807) is 0 Å². The van der Waals surface area contributed by atoms with Gasteiger partial charge in [-0.25, -0.2) is 12.7 Å². The molecule has 9 nitrogen and oxygen atoms in total. The molecule has 1 unspecified atom stereocenters. The molecule has 0 saturated carbocycles. The molecule has 1 rings (SSSR count). The number of nitrogens with one attached hydrogen (secondary N) is 1. The van der Waals surface area contributed by atoms with Gasteiger partial charge < -0.3 is 19.6 Å². The smallest absolute Gasteiger partial charge is 0.305 e. The van der Waals surface area contributed by atoms with Crippen LogP contribution in [0.1, 0.15) is 29.7 Å². The first-order valence-corrected chi connectivity index (χ1v) is 8.43. The number of sulfonamides is 1. The van der Waals surface area contributed by atoms with Crippen LogP contribution in [0, 0.1) is 6.92 Å². The average Bonchev–Trinajstić information content (AvgIpc) is 2.80. The Hall–Kier alpha value is -1.91. The zero-order valence-electron chi connectivity index (χ0n) is 14.2. The van der Waals surface area contributed by atoms with Crippen LogP contribution in [-0.4, -0.2) is 63.1 Å². The number of ether oxygens (including phenoxy) is 1. The van der Waals surface area contributed by atoms with Crippen LogP contribution in [0.4, 0.5) is 0 Å². The SMILES string of the molecule is COCC(C)(CC(=O)O)NC(=O)c1cc(S(=O)(=O)N(C)C)c(C)o1. The van der Waals surface area contributed by atoms with E-state index in [1.807, 2.05) is 0 Å². The zero-order chi connectivity index (χ0) is 18.7. The summed E-state index contributed by atoms with van der Waals surface area (Å²) in [4.78, 5) is 23.2. The first kappa shape index (κ1) is 20.1. The van der Waals surface area contributed by atoms with E-state index in [4.69, 9.17) is 14.3 Å². The fourth-order valence-corrected chi connectivity index (χ4v) is 3.20. The fraction of sp³-hybridized carbons (Fsp3) is 0.571. The van der Waals surface area contributed by atoms with Crippen molar-refractivity contribution < 1.29 is 32.3 Å². The van der Waals surface area contributed by atoms with Gasteiger partial charge in [-0.05, 0) is 13.8 Å². The van der Waals surface area contributed by atoms with Crippen molar-refractivity contribution in [3.63, 3.8) is 0 Å². The minimum Gasteiger partial charge on any atom is -0.481 e. The van der Waals surface area contributed by atoms with Crippen molar-refractivity contribution in [3.8, 4) is 0 Å². The van der Waals surface area contributed by atoms with Crippen LogP contribution in [0.3, 0.4) is 0 Å². The van der Waals surface area contributed by atoms with Crippen molar-refractivity contribution in [1.82, 2.24) is 9.62 Å². The van der Waals surface area contributed by atoms with Crippen LogP contribution < -0.4 is 5.32 Å². The van der Waals surface area contributed by atoms with Gasteiger partial charge in [-0.1, -0.05) is 0 Å². The molecule has 10 heteroatoms. The highest BCUT2D eigenvalue weighted by molar-refractivity contribution is 7.89. The molecule has 0 aliphatic rings. The molecule has 0 aliphatic carbocycles. The van der Waals surface area contributed by atoms with Gasteiger partial charge in [-0.15, -0.1) is 0 Å². The Balaban J connectivity index is 3.10. The van der Waals surface area contributed by atoms with Crippen molar-refractivity contribution in [1.29, 1.82) is 0 Å². The van der Waals surface area contributed by atoms with Crippen molar-refractivity contribution >= 4 is 21.9 Å². The Morgan fingerprint density at radius 3 is 2.46 bits per heavy atom. The Bertz CT molecular complexity index is 723. The van der Waals surface area contributed by atoms with E-state index in [2.05, 4.69) is 5.32 Å². The van der Waals surface area contributed by atoms with Gasteiger partial charge in [0.1, 0.15) is 10.7 Å². The molecule has 1 aromatic rings. The second-order valence-electron chi connectivity index (χ2n) is 5.84. The Labute approximate surface area is 140 Å². The molecule has 0 aliphatic heterocycles. The standard InChI is InChI=1S/C14H22N2O7S/c1-9-11(24(20,21)16(3)4)6-10(23-9)13(19)15-14(2,8-22-5)7-12(17)18/h6H,7-8H2,1-5H3,(H,15,19)(H,17,18). The predicted molar refractivity (Wildman–Crippen MR) is 84.3 cm³/mol. The molecule has 0 saturated heterocycles. The average molecular weight is 362 g/mol. The monoisotopic (exact) mass is 362 g/mol. The number of carbonyl (C=O) groups excluding carboxylic acids is 1. The third-order valence-electron chi connectivity index (χ3n) is 3.27. The highest BCUT2D eigenvalue weighted by Crippen LogP contribution is 2.23. The number of carbonyl (C=O) groups is 2. The van der Waals surface area contributed by atoms with Gasteiger partial charge in [-0.2, -0.15) is 0 Å². The van der Waals surface area contributed by atoms with Gasteiger partial charge in [0.15, 0.2) is 5.76 Å². The quantitative estimate of drug-likeness (QED) is 0.687. The van der Waals surface area contributed by atoms with Crippen LogP contribution >= 0.6 is 0 Å². The molecule has 0 radical (unpaired) electrons. The van der Waals surface area contributed by atoms with Crippen molar-refractivity contribution in [3.05, 3.63) is 17.6 Å². The van der Waals surface area contributed by atoms with E-state index in [9.17, 15) is 18.0 Å². The second-order valence-corrected chi connectivity index (χ2v) is 7.96. The number of furan rings is 1. The lowest BCUT2D eigenvalue weighted by Gasteiger charge is -2.27. The summed E-state index contributed by atoms with van der Waals surface area (Å²) in [6.07, 6.45) is -0.366. The van der Waals surface area contributed by atoms with Gasteiger partial charge in [0.05, 0.1) is 18.6 Å². The maximum atomic E-state index is 12.3. The third kappa shape index (κ3) is 4.56. The zero-order valence-corrected chi connectivity index (χ0v) is 15.1. The van der Waals surface area contributed by atoms with Crippen molar-refractivity contribution in [2.24, 2.45) is 0 Å². The fourth-order valence-electron chi connectivity index (χ4n) is 2.15. The number of hydrogen-bond acceptors (Lipinski definition) is 6. The van der Waals surface area contributed by atoms with E-state index in [-0.39, 0.29) is 29.4 Å². The molecule has 0 fully saturated rings. The minimum absolute atomic E-state index is 0.0341. The first-order valence-electron chi connectivity index (χ1n) is 6.99. The lowest BCUT2D eigenvalue weighted by atomic mass is 9.99. The molecule has 1 heterocycles. The number of amides is 1. The number of aryl methyl sites for hydroxylation is 1. The molecule has 0 spiro atoms. The largest absolute Gasteiger partial charge is 0.481 e. The van der Waals surface area contributed by atoms with Crippen LogP contribution in [0.15, 0.2) is 15.4 Å². The maximum Gasteiger partial charge on any atom is 0.305 e. The molecule has 136 valence electrons. The van der Waals surface area contributed by atoms with Crippen LogP contribution in [0.25, 0.3) is 0 Å². The minimum atomic E-state index is -3.75. The molecule has 24 heavy (non-hydrogen) atoms. The molecule has 2 N–H and O–H groups in total. The Morgan fingerprint density at radius 1 is 1.42 bits per heavy atom. The lowest BCUT2D eigenvalue weighted by Crippen LogP contribution is -2.50. The summed E-state index contributed by atoms with van der Waals surface area (Å²) in [7, 11) is 0.358. The number of carboxylic acids is 1. The number of carboxylic acid groups (broad SMARTS) is 1. The van der Waals surface area contributed by atoms with E-state index in [1.165, 1.54) is 35.1 Å². The molecule has 0 aromatic carbocycles. The lowest BCUT2D eigenvalue weighted by molar-refractivity contribution is -0.139. The normalized spacial score (nSPS) is 14.4. The maximum absolute atomic E-state index is 12.3. The third-order valence-corrected chi connectivity index (χ3v) is 5.20. The van der Waals surface area contributed by atoms with E-state index in [0.29, 0.717) is 0 Å². The number of methoxy groups -OCH3 is 1. The summed E-state index contributed by atoms with van der Waals surface area (Å²) in [5.41, 5.74) is -1.17. The van der Waals surface area contributed by atoms with Crippen LogP contribution in [0.2, 0.25) is 0 Å². The van der Waals surface area contributed by atoms with Crippen molar-refractivity contribution in [2.75, 3.05) is 27.8 Å². The highest BCUT2D eigenvalue weighted by Gasteiger charge is 2.32. The summed E-state index contributed by atoms with van der Waals surface area (Å²) < 4.78 is 35.5. The molecule has 0 bridgehead atoms. The topological polar surface area (TPSA) is 126 Å². The van der Waals surface area contributed by atoms with E-state index in [0.717, 1.165) is 10.4 Å². The van der Waals surface area contributed by atoms with Gasteiger partial charge in [0.2, 0.25) is 10.0 Å². The molecular formula is C14H22N2O7S. The molecular weight excluding hydrogens is 340 g/mol. The Morgan fingerprint density at radius 2 is 2.00 bits per heavy atom. The van der Waals surface area contributed by atoms with Crippen LogP contribution in [0.5, 0.6) is 0 Å². The van der Waals surface area contributed by atoms with Crippen LogP contribution in [-0.2, 0) is 19.6 Å².